The molecule has 0 unspecified atom stereocenters. The lowest BCUT2D eigenvalue weighted by Gasteiger charge is -2.24. The van der Waals surface area contributed by atoms with Crippen molar-refractivity contribution >= 4 is 5.91 Å². The van der Waals surface area contributed by atoms with Crippen molar-refractivity contribution in [1.29, 1.82) is 0 Å². The van der Waals surface area contributed by atoms with Gasteiger partial charge >= 0.3 is 0 Å². The highest BCUT2D eigenvalue weighted by atomic mass is 16.6. The van der Waals surface area contributed by atoms with Crippen LogP contribution in [0.4, 0.5) is 0 Å². The summed E-state index contributed by atoms with van der Waals surface area (Å²) in [6, 6.07) is 3.73. The summed E-state index contributed by atoms with van der Waals surface area (Å²) in [4.78, 5) is 16.1. The summed E-state index contributed by atoms with van der Waals surface area (Å²) in [6.45, 7) is 2.81. The lowest BCUT2D eigenvalue weighted by molar-refractivity contribution is -0.101. The van der Waals surface area contributed by atoms with Crippen LogP contribution in [-0.2, 0) is 15.9 Å². The van der Waals surface area contributed by atoms with Gasteiger partial charge in [-0.05, 0) is 12.1 Å². The summed E-state index contributed by atoms with van der Waals surface area (Å²) in [5, 5.41) is 2.86. The van der Waals surface area contributed by atoms with Gasteiger partial charge in [0.15, 0.2) is 5.75 Å². The number of amides is 1. The van der Waals surface area contributed by atoms with E-state index in [9.17, 15) is 4.79 Å². The van der Waals surface area contributed by atoms with Gasteiger partial charge in [0.1, 0.15) is 12.7 Å². The van der Waals surface area contributed by atoms with Crippen molar-refractivity contribution in [3.8, 4) is 11.4 Å². The molecule has 1 atom stereocenters. The number of carbonyl (C=O) groups excluding carboxylic acids is 1. The molecule has 4 heterocycles. The average Bonchev–Trinajstić information content (AvgIpc) is 3.06. The van der Waals surface area contributed by atoms with Crippen LogP contribution in [0.5, 0.6) is 5.75 Å². The van der Waals surface area contributed by atoms with E-state index in [0.29, 0.717) is 44.3 Å². The molecule has 2 aliphatic heterocycles. The third-order valence-electron chi connectivity index (χ3n) is 4.22. The monoisotopic (exact) mass is 329 g/mol. The topological polar surface area (TPSA) is 74.6 Å². The SMILES string of the molecule is O=C1NCCc2c1ccn2-c1ccncc1OC[C@H]1COCCO1. The van der Waals surface area contributed by atoms with E-state index in [0.717, 1.165) is 17.8 Å². The first-order chi connectivity index (χ1) is 11.8. The zero-order valence-corrected chi connectivity index (χ0v) is 13.2. The summed E-state index contributed by atoms with van der Waals surface area (Å²) >= 11 is 0. The molecule has 1 saturated heterocycles. The fourth-order valence-corrected chi connectivity index (χ4v) is 3.04. The zero-order chi connectivity index (χ0) is 16.4. The molecule has 0 aromatic carbocycles. The molecule has 1 N–H and O–H groups in total. The van der Waals surface area contributed by atoms with Gasteiger partial charge in [0.25, 0.3) is 5.91 Å². The number of pyridine rings is 1. The summed E-state index contributed by atoms with van der Waals surface area (Å²) in [6.07, 6.45) is 6.02. The minimum atomic E-state index is -0.0730. The number of hydrogen-bond donors (Lipinski definition) is 1. The van der Waals surface area contributed by atoms with E-state index in [-0.39, 0.29) is 12.0 Å². The van der Waals surface area contributed by atoms with Gasteiger partial charge in [0, 0.05) is 31.1 Å². The van der Waals surface area contributed by atoms with Crippen LogP contribution in [0.25, 0.3) is 5.69 Å². The maximum atomic E-state index is 11.9. The number of nitrogens with one attached hydrogen (secondary N) is 1. The summed E-state index contributed by atoms with van der Waals surface area (Å²) < 4.78 is 18.9. The van der Waals surface area contributed by atoms with E-state index in [2.05, 4.69) is 10.3 Å². The second-order valence-electron chi connectivity index (χ2n) is 5.77. The van der Waals surface area contributed by atoms with Crippen LogP contribution in [-0.4, -0.2) is 54.5 Å². The molecule has 7 heteroatoms. The second kappa shape index (κ2) is 6.62. The number of hydrogen-bond acceptors (Lipinski definition) is 5. The number of carbonyl (C=O) groups is 1. The molecule has 0 aliphatic carbocycles. The highest BCUT2D eigenvalue weighted by molar-refractivity contribution is 5.96. The number of rotatable bonds is 4. The van der Waals surface area contributed by atoms with Crippen molar-refractivity contribution in [2.45, 2.75) is 12.5 Å². The highest BCUT2D eigenvalue weighted by Gasteiger charge is 2.22. The fourth-order valence-electron chi connectivity index (χ4n) is 3.04. The first-order valence-corrected chi connectivity index (χ1v) is 8.08. The standard InChI is InChI=1S/C17H19N3O4/c21-17-13-3-6-20(14(13)2-5-19-17)15-1-4-18-9-16(15)24-11-12-10-22-7-8-23-12/h1,3-4,6,9,12H,2,5,7-8,10-11H2,(H,19,21)/t12-/m1/s1. The van der Waals surface area contributed by atoms with Crippen LogP contribution in [0.2, 0.25) is 0 Å². The molecule has 1 fully saturated rings. The van der Waals surface area contributed by atoms with Crippen LogP contribution in [0, 0.1) is 0 Å². The third kappa shape index (κ3) is 2.88. The van der Waals surface area contributed by atoms with Gasteiger partial charge in [-0.2, -0.15) is 0 Å². The normalized spacial score (nSPS) is 20.3. The first-order valence-electron chi connectivity index (χ1n) is 8.08. The molecule has 0 bridgehead atoms. The Bertz CT molecular complexity index is 737. The molecule has 0 saturated carbocycles. The number of ether oxygens (including phenoxy) is 3. The van der Waals surface area contributed by atoms with Crippen LogP contribution in [0.1, 0.15) is 16.1 Å². The Morgan fingerprint density at radius 2 is 2.33 bits per heavy atom. The number of aromatic nitrogens is 2. The quantitative estimate of drug-likeness (QED) is 0.904. The second-order valence-corrected chi connectivity index (χ2v) is 5.77. The Morgan fingerprint density at radius 3 is 3.21 bits per heavy atom. The van der Waals surface area contributed by atoms with Crippen molar-refractivity contribution in [2.75, 3.05) is 33.0 Å². The van der Waals surface area contributed by atoms with E-state index < -0.39 is 0 Å². The van der Waals surface area contributed by atoms with E-state index in [4.69, 9.17) is 14.2 Å². The largest absolute Gasteiger partial charge is 0.487 e. The molecule has 0 radical (unpaired) electrons. The number of nitrogens with zero attached hydrogens (tertiary/aromatic N) is 2. The van der Waals surface area contributed by atoms with Gasteiger partial charge < -0.3 is 24.1 Å². The first kappa shape index (κ1) is 15.2. The molecule has 1 amide bonds. The van der Waals surface area contributed by atoms with E-state index >= 15 is 0 Å². The van der Waals surface area contributed by atoms with Crippen LogP contribution in [0.3, 0.4) is 0 Å². The van der Waals surface area contributed by atoms with E-state index in [1.165, 1.54) is 0 Å². The Kier molecular flexibility index (Phi) is 4.18. The van der Waals surface area contributed by atoms with Gasteiger partial charge in [0.05, 0.1) is 37.3 Å². The van der Waals surface area contributed by atoms with Gasteiger partial charge in [-0.25, -0.2) is 0 Å². The molecule has 4 rings (SSSR count). The van der Waals surface area contributed by atoms with Crippen molar-refractivity contribution in [2.24, 2.45) is 0 Å². The molecular weight excluding hydrogens is 310 g/mol. The Labute approximate surface area is 139 Å². The summed E-state index contributed by atoms with van der Waals surface area (Å²) in [7, 11) is 0. The minimum Gasteiger partial charge on any atom is -0.487 e. The summed E-state index contributed by atoms with van der Waals surface area (Å²) in [5.41, 5.74) is 2.58. The smallest absolute Gasteiger partial charge is 0.253 e. The molecule has 2 aromatic heterocycles. The van der Waals surface area contributed by atoms with Crippen LogP contribution in [0.15, 0.2) is 30.7 Å². The van der Waals surface area contributed by atoms with Gasteiger partial charge in [-0.3, -0.25) is 9.78 Å². The highest BCUT2D eigenvalue weighted by Crippen LogP contribution is 2.27. The predicted octanol–water partition coefficient (Wildman–Crippen LogP) is 0.952. The average molecular weight is 329 g/mol. The molecule has 2 aromatic rings. The minimum absolute atomic E-state index is 0.0284. The zero-order valence-electron chi connectivity index (χ0n) is 13.2. The van der Waals surface area contributed by atoms with Gasteiger partial charge in [-0.1, -0.05) is 0 Å². The molecule has 2 aliphatic rings. The third-order valence-corrected chi connectivity index (χ3v) is 4.22. The predicted molar refractivity (Wildman–Crippen MR) is 85.7 cm³/mol. The molecule has 7 nitrogen and oxygen atoms in total. The fraction of sp³-hybridized carbons (Fsp3) is 0.412. The van der Waals surface area contributed by atoms with Crippen molar-refractivity contribution in [3.63, 3.8) is 0 Å². The molecular formula is C17H19N3O4. The molecule has 24 heavy (non-hydrogen) atoms. The van der Waals surface area contributed by atoms with Crippen molar-refractivity contribution in [3.05, 3.63) is 42.0 Å². The Morgan fingerprint density at radius 1 is 1.38 bits per heavy atom. The van der Waals surface area contributed by atoms with E-state index in [1.807, 2.05) is 22.9 Å². The molecule has 0 spiro atoms. The summed E-state index contributed by atoms with van der Waals surface area (Å²) in [5.74, 6) is 0.635. The Balaban J connectivity index is 1.59. The van der Waals surface area contributed by atoms with E-state index in [1.54, 1.807) is 12.4 Å². The van der Waals surface area contributed by atoms with Crippen molar-refractivity contribution in [1.82, 2.24) is 14.9 Å². The Hall–Kier alpha value is -2.38. The number of fused-ring (bicyclic) bond motifs is 1. The van der Waals surface area contributed by atoms with Crippen LogP contribution >= 0.6 is 0 Å². The van der Waals surface area contributed by atoms with Crippen molar-refractivity contribution < 1.29 is 19.0 Å². The lowest BCUT2D eigenvalue weighted by Crippen LogP contribution is -2.33. The van der Waals surface area contributed by atoms with Gasteiger partial charge in [0.2, 0.25) is 0 Å². The molecule has 126 valence electrons. The lowest BCUT2D eigenvalue weighted by atomic mass is 10.1. The maximum Gasteiger partial charge on any atom is 0.253 e. The van der Waals surface area contributed by atoms with Crippen LogP contribution < -0.4 is 10.1 Å². The van der Waals surface area contributed by atoms with Gasteiger partial charge in [-0.15, -0.1) is 0 Å². The maximum absolute atomic E-state index is 11.9.